The van der Waals surface area contributed by atoms with Crippen LogP contribution in [0.2, 0.25) is 0 Å². The first-order chi connectivity index (χ1) is 12.5. The van der Waals surface area contributed by atoms with Crippen molar-refractivity contribution < 1.29 is 9.59 Å². The number of carbonyl (C=O) groups excluding carboxylic acids is 2. The minimum atomic E-state index is -0.0928. The summed E-state index contributed by atoms with van der Waals surface area (Å²) in [5.74, 6) is 0.588. The van der Waals surface area contributed by atoms with Crippen LogP contribution in [0.3, 0.4) is 0 Å². The number of thiocarbonyl (C=S) groups is 1. The fourth-order valence-corrected chi connectivity index (χ4v) is 3.26. The second kappa shape index (κ2) is 10.3. The number of amides is 2. The van der Waals surface area contributed by atoms with E-state index in [2.05, 4.69) is 24.5 Å². The first-order valence-electron chi connectivity index (χ1n) is 9.50. The van der Waals surface area contributed by atoms with Crippen LogP contribution in [0.1, 0.15) is 62.7 Å². The number of piperidine rings is 1. The number of carbonyl (C=O) groups is 2. The fourth-order valence-electron chi connectivity index (χ4n) is 3.04. The molecule has 1 aliphatic rings. The van der Waals surface area contributed by atoms with Gasteiger partial charge in [-0.15, -0.1) is 0 Å². The van der Waals surface area contributed by atoms with Gasteiger partial charge in [0.05, 0.1) is 11.3 Å². The molecule has 6 heteroatoms. The zero-order valence-electron chi connectivity index (χ0n) is 15.7. The highest BCUT2D eigenvalue weighted by atomic mass is 32.1. The van der Waals surface area contributed by atoms with E-state index in [4.69, 9.17) is 12.2 Å². The van der Waals surface area contributed by atoms with Crippen molar-refractivity contribution in [2.45, 2.75) is 52.4 Å². The molecule has 0 radical (unpaired) electrons. The fraction of sp³-hybridized carbons (Fsp3) is 0.550. The highest BCUT2D eigenvalue weighted by Crippen LogP contribution is 2.22. The van der Waals surface area contributed by atoms with Crippen molar-refractivity contribution in [1.29, 1.82) is 0 Å². The Morgan fingerprint density at radius 1 is 1.19 bits per heavy atom. The van der Waals surface area contributed by atoms with Crippen LogP contribution in [0.5, 0.6) is 0 Å². The number of likely N-dealkylation sites (tertiary alicyclic amines) is 1. The summed E-state index contributed by atoms with van der Waals surface area (Å²) in [6, 6.07) is 7.31. The first kappa shape index (κ1) is 20.4. The third kappa shape index (κ3) is 6.09. The van der Waals surface area contributed by atoms with Crippen molar-refractivity contribution >= 4 is 34.8 Å². The van der Waals surface area contributed by atoms with Gasteiger partial charge < -0.3 is 15.5 Å². The molecule has 0 aromatic heterocycles. The molecule has 1 aromatic carbocycles. The van der Waals surface area contributed by atoms with Gasteiger partial charge in [-0.3, -0.25) is 9.59 Å². The van der Waals surface area contributed by atoms with Crippen LogP contribution in [0.15, 0.2) is 24.3 Å². The molecule has 1 fully saturated rings. The molecule has 0 saturated carbocycles. The molecular weight excluding hydrogens is 346 g/mol. The molecule has 0 atom stereocenters. The standard InChI is InChI=1S/C20H29N3O2S/c1-3-4-5-10-18(24)22-20(26)21-17-9-7-6-8-16(17)19(25)23-13-11-15(2)12-14-23/h6-9,15H,3-5,10-14H2,1-2H3,(H2,21,22,24,26). The van der Waals surface area contributed by atoms with Crippen molar-refractivity contribution in [1.82, 2.24) is 10.2 Å². The van der Waals surface area contributed by atoms with Gasteiger partial charge in [0.25, 0.3) is 5.91 Å². The number of benzene rings is 1. The molecule has 5 nitrogen and oxygen atoms in total. The van der Waals surface area contributed by atoms with Gasteiger partial charge in [-0.1, -0.05) is 38.8 Å². The summed E-state index contributed by atoms with van der Waals surface area (Å²) in [6.45, 7) is 5.89. The largest absolute Gasteiger partial charge is 0.339 e. The summed E-state index contributed by atoms with van der Waals surface area (Å²) in [7, 11) is 0. The molecule has 26 heavy (non-hydrogen) atoms. The van der Waals surface area contributed by atoms with Crippen LogP contribution < -0.4 is 10.6 Å². The number of anilines is 1. The van der Waals surface area contributed by atoms with Gasteiger partial charge in [0.2, 0.25) is 5.91 Å². The Balaban J connectivity index is 1.96. The molecule has 0 unspecified atom stereocenters. The average Bonchev–Trinajstić information content (AvgIpc) is 2.62. The highest BCUT2D eigenvalue weighted by molar-refractivity contribution is 7.80. The van der Waals surface area contributed by atoms with Crippen LogP contribution in [0.25, 0.3) is 0 Å². The Morgan fingerprint density at radius 2 is 1.88 bits per heavy atom. The monoisotopic (exact) mass is 375 g/mol. The van der Waals surface area contributed by atoms with E-state index in [1.165, 1.54) is 0 Å². The third-order valence-corrected chi connectivity index (χ3v) is 4.94. The lowest BCUT2D eigenvalue weighted by Crippen LogP contribution is -2.39. The maximum absolute atomic E-state index is 12.9. The quantitative estimate of drug-likeness (QED) is 0.584. The van der Waals surface area contributed by atoms with Crippen LogP contribution in [-0.4, -0.2) is 34.9 Å². The number of hydrogen-bond acceptors (Lipinski definition) is 3. The summed E-state index contributed by atoms with van der Waals surface area (Å²) >= 11 is 5.24. The third-order valence-electron chi connectivity index (χ3n) is 4.74. The number of nitrogens with zero attached hydrogens (tertiary/aromatic N) is 1. The number of hydrogen-bond donors (Lipinski definition) is 2. The number of para-hydroxylation sites is 1. The molecule has 1 aromatic rings. The van der Waals surface area contributed by atoms with E-state index in [1.807, 2.05) is 23.1 Å². The minimum absolute atomic E-state index is 0.0112. The smallest absolute Gasteiger partial charge is 0.255 e. The topological polar surface area (TPSA) is 61.4 Å². The van der Waals surface area contributed by atoms with E-state index in [-0.39, 0.29) is 16.9 Å². The van der Waals surface area contributed by atoms with Crippen molar-refractivity contribution in [3.63, 3.8) is 0 Å². The molecule has 2 N–H and O–H groups in total. The van der Waals surface area contributed by atoms with Crippen molar-refractivity contribution in [2.75, 3.05) is 18.4 Å². The SMILES string of the molecule is CCCCCC(=O)NC(=S)Nc1ccccc1C(=O)N1CCC(C)CC1. The average molecular weight is 376 g/mol. The number of unbranched alkanes of at least 4 members (excludes halogenated alkanes) is 2. The van der Waals surface area contributed by atoms with E-state index in [0.29, 0.717) is 23.6 Å². The molecule has 2 rings (SSSR count). The molecule has 1 heterocycles. The molecule has 0 aliphatic carbocycles. The van der Waals surface area contributed by atoms with E-state index in [1.54, 1.807) is 6.07 Å². The lowest BCUT2D eigenvalue weighted by Gasteiger charge is -2.30. The van der Waals surface area contributed by atoms with E-state index >= 15 is 0 Å². The van der Waals surface area contributed by atoms with Gasteiger partial charge in [0.15, 0.2) is 5.11 Å². The van der Waals surface area contributed by atoms with Crippen LogP contribution in [0, 0.1) is 5.92 Å². The Kier molecular flexibility index (Phi) is 8.04. The van der Waals surface area contributed by atoms with Gasteiger partial charge in [-0.05, 0) is 49.5 Å². The lowest BCUT2D eigenvalue weighted by atomic mass is 9.98. The predicted octanol–water partition coefficient (Wildman–Crippen LogP) is 3.95. The van der Waals surface area contributed by atoms with Gasteiger partial charge >= 0.3 is 0 Å². The van der Waals surface area contributed by atoms with Crippen molar-refractivity contribution in [3.8, 4) is 0 Å². The molecule has 1 aliphatic heterocycles. The summed E-state index contributed by atoms with van der Waals surface area (Å²) in [5.41, 5.74) is 1.22. The molecule has 1 saturated heterocycles. The maximum atomic E-state index is 12.9. The maximum Gasteiger partial charge on any atom is 0.255 e. The highest BCUT2D eigenvalue weighted by Gasteiger charge is 2.23. The Morgan fingerprint density at radius 3 is 2.58 bits per heavy atom. The van der Waals surface area contributed by atoms with Crippen LogP contribution in [0.4, 0.5) is 5.69 Å². The molecule has 2 amide bonds. The van der Waals surface area contributed by atoms with Gasteiger partial charge in [0, 0.05) is 19.5 Å². The van der Waals surface area contributed by atoms with Gasteiger partial charge in [-0.2, -0.15) is 0 Å². The van der Waals surface area contributed by atoms with Crippen molar-refractivity contribution in [3.05, 3.63) is 29.8 Å². The summed E-state index contributed by atoms with van der Waals surface area (Å²) < 4.78 is 0. The number of rotatable bonds is 6. The zero-order valence-corrected chi connectivity index (χ0v) is 16.5. The van der Waals surface area contributed by atoms with E-state index < -0.39 is 0 Å². The minimum Gasteiger partial charge on any atom is -0.339 e. The van der Waals surface area contributed by atoms with Gasteiger partial charge in [0.1, 0.15) is 0 Å². The lowest BCUT2D eigenvalue weighted by molar-refractivity contribution is -0.119. The predicted molar refractivity (Wildman–Crippen MR) is 109 cm³/mol. The molecule has 0 spiro atoms. The second-order valence-electron chi connectivity index (χ2n) is 6.98. The van der Waals surface area contributed by atoms with Crippen LogP contribution >= 0.6 is 12.2 Å². The summed E-state index contributed by atoms with van der Waals surface area (Å²) in [4.78, 5) is 26.7. The summed E-state index contributed by atoms with van der Waals surface area (Å²) in [5, 5.41) is 5.94. The van der Waals surface area contributed by atoms with E-state index in [0.717, 1.165) is 45.2 Å². The van der Waals surface area contributed by atoms with E-state index in [9.17, 15) is 9.59 Å². The normalized spacial score (nSPS) is 14.8. The second-order valence-corrected chi connectivity index (χ2v) is 7.39. The Bertz CT molecular complexity index is 640. The summed E-state index contributed by atoms with van der Waals surface area (Å²) in [6.07, 6.45) is 5.48. The number of nitrogens with one attached hydrogen (secondary N) is 2. The zero-order chi connectivity index (χ0) is 18.9. The first-order valence-corrected chi connectivity index (χ1v) is 9.91. The van der Waals surface area contributed by atoms with Gasteiger partial charge in [-0.25, -0.2) is 0 Å². The van der Waals surface area contributed by atoms with Crippen LogP contribution in [-0.2, 0) is 4.79 Å². The van der Waals surface area contributed by atoms with Crippen molar-refractivity contribution in [2.24, 2.45) is 5.92 Å². The molecular formula is C20H29N3O2S. The molecule has 0 bridgehead atoms. The molecule has 142 valence electrons. The Hall–Kier alpha value is -1.95. The Labute approximate surface area is 161 Å².